The Morgan fingerprint density at radius 2 is 1.90 bits per heavy atom. The highest BCUT2D eigenvalue weighted by Crippen LogP contribution is 2.18. The number of nitro groups is 1. The summed E-state index contributed by atoms with van der Waals surface area (Å²) in [5, 5.41) is 15.9. The lowest BCUT2D eigenvalue weighted by atomic mass is 10.1. The van der Waals surface area contributed by atoms with E-state index in [0.717, 1.165) is 0 Å². The highest BCUT2D eigenvalue weighted by molar-refractivity contribution is 5.92. The molecule has 0 spiro atoms. The van der Waals surface area contributed by atoms with E-state index in [9.17, 15) is 19.7 Å². The molecule has 0 bridgehead atoms. The molecule has 0 aliphatic carbocycles. The topological polar surface area (TPSA) is 101 Å². The molecule has 0 saturated heterocycles. The summed E-state index contributed by atoms with van der Waals surface area (Å²) < 4.78 is 0. The zero-order chi connectivity index (χ0) is 15.0. The number of nitro benzene ring substituents is 1. The van der Waals surface area contributed by atoms with Gasteiger partial charge in [-0.05, 0) is 12.1 Å². The quantitative estimate of drug-likeness (QED) is 0.348. The van der Waals surface area contributed by atoms with Gasteiger partial charge in [0.25, 0.3) is 5.69 Å². The second kappa shape index (κ2) is 7.67. The summed E-state index contributed by atoms with van der Waals surface area (Å²) in [5.41, 5.74) is 0.296. The fourth-order valence-electron chi connectivity index (χ4n) is 1.44. The summed E-state index contributed by atoms with van der Waals surface area (Å²) in [6.45, 7) is 2.01. The van der Waals surface area contributed by atoms with Gasteiger partial charge < -0.3 is 10.6 Å². The number of carbonyl (C=O) groups excluding carboxylic acids is 2. The van der Waals surface area contributed by atoms with Gasteiger partial charge in [-0.25, -0.2) is 0 Å². The molecule has 1 rings (SSSR count). The van der Waals surface area contributed by atoms with Gasteiger partial charge in [-0.3, -0.25) is 19.7 Å². The minimum atomic E-state index is -0.506. The summed E-state index contributed by atoms with van der Waals surface area (Å²) in [4.78, 5) is 32.3. The Hall–Kier alpha value is -2.70. The maximum Gasteiger partial charge on any atom is 0.276 e. The Labute approximate surface area is 115 Å². The van der Waals surface area contributed by atoms with Gasteiger partial charge in [0.2, 0.25) is 11.8 Å². The highest BCUT2D eigenvalue weighted by Gasteiger charge is 2.09. The molecule has 20 heavy (non-hydrogen) atoms. The number of amides is 2. The van der Waals surface area contributed by atoms with Gasteiger partial charge in [0.1, 0.15) is 0 Å². The first kappa shape index (κ1) is 15.4. The number of nitrogens with one attached hydrogen (secondary N) is 2. The monoisotopic (exact) mass is 277 g/mol. The average molecular weight is 277 g/mol. The number of carbonyl (C=O) groups is 2. The van der Waals surface area contributed by atoms with E-state index in [-0.39, 0.29) is 17.5 Å². The summed E-state index contributed by atoms with van der Waals surface area (Å²) in [6.07, 6.45) is 2.60. The molecule has 0 aromatic heterocycles. The van der Waals surface area contributed by atoms with Crippen LogP contribution >= 0.6 is 0 Å². The fraction of sp³-hybridized carbons (Fsp3) is 0.231. The second-order valence-corrected chi connectivity index (χ2v) is 3.92. The molecule has 0 unspecified atom stereocenters. The normalized spacial score (nSPS) is 10.2. The first-order chi connectivity index (χ1) is 9.50. The van der Waals surface area contributed by atoms with E-state index in [1.54, 1.807) is 18.2 Å². The van der Waals surface area contributed by atoms with Crippen LogP contribution in [0, 0.1) is 10.1 Å². The fourth-order valence-corrected chi connectivity index (χ4v) is 1.44. The standard InChI is InChI=1S/C13H15N3O4/c1-10(17)14-8-9-15-13(18)7-6-11-4-2-3-5-12(11)16(19)20/h2-7H,8-9H2,1H3,(H,14,17)(H,15,18)/b7-6+. The van der Waals surface area contributed by atoms with E-state index in [4.69, 9.17) is 0 Å². The Kier molecular flexibility index (Phi) is 5.89. The lowest BCUT2D eigenvalue weighted by Gasteiger charge is -2.02. The molecule has 106 valence electrons. The van der Waals surface area contributed by atoms with Crippen LogP contribution in [0.5, 0.6) is 0 Å². The van der Waals surface area contributed by atoms with Crippen LogP contribution in [0.1, 0.15) is 12.5 Å². The van der Waals surface area contributed by atoms with E-state index < -0.39 is 4.92 Å². The first-order valence-electron chi connectivity index (χ1n) is 5.94. The third-order valence-electron chi connectivity index (χ3n) is 2.35. The molecule has 0 atom stereocenters. The molecule has 7 nitrogen and oxygen atoms in total. The van der Waals surface area contributed by atoms with E-state index in [1.165, 1.54) is 25.1 Å². The number of nitrogens with zero attached hydrogens (tertiary/aromatic N) is 1. The molecule has 2 amide bonds. The van der Waals surface area contributed by atoms with E-state index in [1.807, 2.05) is 0 Å². The molecule has 0 aliphatic rings. The Morgan fingerprint density at radius 1 is 1.25 bits per heavy atom. The molecular formula is C13H15N3O4. The van der Waals surface area contributed by atoms with Gasteiger partial charge >= 0.3 is 0 Å². The van der Waals surface area contributed by atoms with Gasteiger partial charge in [0.15, 0.2) is 0 Å². The number of hydrogen-bond donors (Lipinski definition) is 2. The Morgan fingerprint density at radius 3 is 2.55 bits per heavy atom. The number of para-hydroxylation sites is 1. The third kappa shape index (κ3) is 5.30. The SMILES string of the molecule is CC(=O)NCCNC(=O)/C=C/c1ccccc1[N+](=O)[O-]. The second-order valence-electron chi connectivity index (χ2n) is 3.92. The lowest BCUT2D eigenvalue weighted by molar-refractivity contribution is -0.385. The number of rotatable bonds is 6. The van der Waals surface area contributed by atoms with Crippen LogP contribution in [-0.4, -0.2) is 29.8 Å². The van der Waals surface area contributed by atoms with Crippen molar-refractivity contribution in [2.24, 2.45) is 0 Å². The van der Waals surface area contributed by atoms with Crippen LogP contribution in [-0.2, 0) is 9.59 Å². The van der Waals surface area contributed by atoms with Crippen LogP contribution in [0.15, 0.2) is 30.3 Å². The summed E-state index contributed by atoms with van der Waals surface area (Å²) >= 11 is 0. The molecular weight excluding hydrogens is 262 g/mol. The van der Waals surface area contributed by atoms with E-state index in [0.29, 0.717) is 18.7 Å². The van der Waals surface area contributed by atoms with Crippen LogP contribution in [0.2, 0.25) is 0 Å². The molecule has 7 heteroatoms. The maximum absolute atomic E-state index is 11.5. The highest BCUT2D eigenvalue weighted by atomic mass is 16.6. The molecule has 0 heterocycles. The maximum atomic E-state index is 11.5. The van der Waals surface area contributed by atoms with Crippen LogP contribution in [0.3, 0.4) is 0 Å². The summed E-state index contributed by atoms with van der Waals surface area (Å²) in [5.74, 6) is -0.553. The van der Waals surface area contributed by atoms with Crippen molar-refractivity contribution >= 4 is 23.6 Å². The number of hydrogen-bond acceptors (Lipinski definition) is 4. The molecule has 2 N–H and O–H groups in total. The minimum Gasteiger partial charge on any atom is -0.355 e. The van der Waals surface area contributed by atoms with Gasteiger partial charge in [-0.2, -0.15) is 0 Å². The van der Waals surface area contributed by atoms with Crippen molar-refractivity contribution in [1.29, 1.82) is 0 Å². The predicted molar refractivity (Wildman–Crippen MR) is 73.8 cm³/mol. The van der Waals surface area contributed by atoms with Crippen molar-refractivity contribution in [3.8, 4) is 0 Å². The third-order valence-corrected chi connectivity index (χ3v) is 2.35. The van der Waals surface area contributed by atoms with Gasteiger partial charge in [-0.15, -0.1) is 0 Å². The van der Waals surface area contributed by atoms with Crippen LogP contribution in [0.25, 0.3) is 6.08 Å². The molecule has 1 aromatic rings. The van der Waals surface area contributed by atoms with Crippen LogP contribution < -0.4 is 10.6 Å². The lowest BCUT2D eigenvalue weighted by Crippen LogP contribution is -2.32. The molecule has 0 fully saturated rings. The van der Waals surface area contributed by atoms with Crippen LogP contribution in [0.4, 0.5) is 5.69 Å². The summed E-state index contributed by atoms with van der Waals surface area (Å²) in [7, 11) is 0. The zero-order valence-electron chi connectivity index (χ0n) is 11.0. The zero-order valence-corrected chi connectivity index (χ0v) is 11.0. The van der Waals surface area contributed by atoms with Crippen molar-refractivity contribution in [1.82, 2.24) is 10.6 Å². The number of benzene rings is 1. The molecule has 1 aromatic carbocycles. The minimum absolute atomic E-state index is 0.0604. The van der Waals surface area contributed by atoms with Crippen molar-refractivity contribution in [2.45, 2.75) is 6.92 Å². The van der Waals surface area contributed by atoms with Crippen molar-refractivity contribution in [2.75, 3.05) is 13.1 Å². The van der Waals surface area contributed by atoms with Crippen molar-refractivity contribution in [3.63, 3.8) is 0 Å². The predicted octanol–water partition coefficient (Wildman–Crippen LogP) is 0.860. The average Bonchev–Trinajstić information content (AvgIpc) is 2.41. The van der Waals surface area contributed by atoms with Gasteiger partial charge in [-0.1, -0.05) is 12.1 Å². The molecule has 0 radical (unpaired) electrons. The Bertz CT molecular complexity index is 540. The largest absolute Gasteiger partial charge is 0.355 e. The van der Waals surface area contributed by atoms with Gasteiger partial charge in [0.05, 0.1) is 10.5 Å². The molecule has 0 aliphatic heterocycles. The smallest absolute Gasteiger partial charge is 0.276 e. The van der Waals surface area contributed by atoms with E-state index in [2.05, 4.69) is 10.6 Å². The van der Waals surface area contributed by atoms with Crippen molar-refractivity contribution in [3.05, 3.63) is 46.0 Å². The van der Waals surface area contributed by atoms with Crippen molar-refractivity contribution < 1.29 is 14.5 Å². The van der Waals surface area contributed by atoms with E-state index >= 15 is 0 Å². The first-order valence-corrected chi connectivity index (χ1v) is 5.94. The summed E-state index contributed by atoms with van der Waals surface area (Å²) in [6, 6.07) is 6.14. The molecule has 0 saturated carbocycles. The van der Waals surface area contributed by atoms with Gasteiger partial charge in [0, 0.05) is 32.2 Å². The Balaban J connectivity index is 2.53.